The third-order valence-electron chi connectivity index (χ3n) is 3.42. The van der Waals surface area contributed by atoms with Crippen molar-refractivity contribution < 1.29 is 0 Å². The second kappa shape index (κ2) is 15.8. The predicted molar refractivity (Wildman–Crippen MR) is 112 cm³/mol. The Morgan fingerprint density at radius 1 is 0.565 bits per heavy atom. The van der Waals surface area contributed by atoms with E-state index in [4.69, 9.17) is 0 Å². The number of alkyl halides is 1. The molecule has 0 spiro atoms. The molecule has 0 radical (unpaired) electrons. The molecule has 2 rings (SSSR count). The zero-order chi connectivity index (χ0) is 16.8. The van der Waals surface area contributed by atoms with Crippen LogP contribution in [0.25, 0.3) is 0 Å². The molecule has 0 nitrogen and oxygen atoms in total. The summed E-state index contributed by atoms with van der Waals surface area (Å²) in [4.78, 5) is 0. The first kappa shape index (κ1) is 24.2. The quantitative estimate of drug-likeness (QED) is 0.479. The van der Waals surface area contributed by atoms with Crippen LogP contribution in [0.15, 0.2) is 48.5 Å². The van der Waals surface area contributed by atoms with Crippen molar-refractivity contribution in [2.24, 2.45) is 0 Å². The van der Waals surface area contributed by atoms with Crippen LogP contribution in [0.3, 0.4) is 0 Å². The van der Waals surface area contributed by atoms with E-state index < -0.39 is 0 Å². The molecule has 0 amide bonds. The minimum Gasteiger partial charge on any atom is -0.0876 e. The number of halogens is 1. The second-order valence-corrected chi connectivity index (χ2v) is 5.39. The number of hydrogen-bond donors (Lipinski definition) is 0. The van der Waals surface area contributed by atoms with E-state index in [1.165, 1.54) is 22.3 Å². The van der Waals surface area contributed by atoms with Crippen molar-refractivity contribution in [3.05, 3.63) is 70.8 Å². The van der Waals surface area contributed by atoms with Gasteiger partial charge in [0.2, 0.25) is 0 Å². The maximum absolute atomic E-state index is 3.40. The van der Waals surface area contributed by atoms with E-state index in [1.54, 1.807) is 0 Å². The summed E-state index contributed by atoms with van der Waals surface area (Å²) in [5, 5.41) is 0.955. The monoisotopic (exact) mass is 378 g/mol. The van der Waals surface area contributed by atoms with Gasteiger partial charge in [0.15, 0.2) is 0 Å². The number of benzene rings is 2. The molecule has 0 aliphatic rings. The van der Waals surface area contributed by atoms with Crippen LogP contribution in [-0.4, -0.2) is 0 Å². The van der Waals surface area contributed by atoms with Gasteiger partial charge in [-0.3, -0.25) is 0 Å². The average molecular weight is 379 g/mol. The lowest BCUT2D eigenvalue weighted by Gasteiger charge is -1.97. The van der Waals surface area contributed by atoms with Crippen LogP contribution in [0.5, 0.6) is 0 Å². The van der Waals surface area contributed by atoms with Gasteiger partial charge in [-0.25, -0.2) is 0 Å². The van der Waals surface area contributed by atoms with Gasteiger partial charge in [0.05, 0.1) is 0 Å². The first-order chi connectivity index (χ1) is 10.7. The van der Waals surface area contributed by atoms with E-state index in [2.05, 4.69) is 85.2 Å². The van der Waals surface area contributed by atoms with Crippen molar-refractivity contribution in [1.82, 2.24) is 0 Å². The summed E-state index contributed by atoms with van der Waals surface area (Å²) in [6, 6.07) is 17.5. The summed E-state index contributed by atoms with van der Waals surface area (Å²) in [5.41, 5.74) is 5.61. The fraction of sp³-hybridized carbons (Fsp3) is 0.455. The van der Waals surface area contributed by atoms with Crippen LogP contribution in [0, 0.1) is 0 Å². The van der Waals surface area contributed by atoms with Crippen molar-refractivity contribution in [1.29, 1.82) is 0 Å². The average Bonchev–Trinajstić information content (AvgIpc) is 2.64. The zero-order valence-electron chi connectivity index (χ0n) is 14.8. The van der Waals surface area contributed by atoms with Gasteiger partial charge >= 0.3 is 0 Å². The summed E-state index contributed by atoms with van der Waals surface area (Å²) in [5.74, 6) is 0. The van der Waals surface area contributed by atoms with E-state index in [0.717, 1.165) is 24.6 Å². The van der Waals surface area contributed by atoms with Crippen LogP contribution >= 0.6 is 15.9 Å². The molecule has 0 bridgehead atoms. The van der Waals surface area contributed by atoms with E-state index in [0.29, 0.717) is 0 Å². The molecule has 0 saturated heterocycles. The Kier molecular flexibility index (Phi) is 16.6. The Morgan fingerprint density at radius 2 is 0.783 bits per heavy atom. The molecule has 1 heteroatoms. The van der Waals surface area contributed by atoms with Crippen LogP contribution < -0.4 is 0 Å². The van der Waals surface area contributed by atoms with Crippen LogP contribution in [0.2, 0.25) is 0 Å². The Morgan fingerprint density at radius 3 is 0.957 bits per heavy atom. The van der Waals surface area contributed by atoms with Gasteiger partial charge in [-0.1, -0.05) is 107 Å². The fourth-order valence-corrected chi connectivity index (χ4v) is 2.25. The lowest BCUT2D eigenvalue weighted by atomic mass is 10.1. The van der Waals surface area contributed by atoms with Gasteiger partial charge in [-0.05, 0) is 41.5 Å². The Hall–Kier alpha value is -1.08. The van der Waals surface area contributed by atoms with E-state index in [9.17, 15) is 0 Å². The molecule has 0 atom stereocenters. The summed E-state index contributed by atoms with van der Waals surface area (Å²) < 4.78 is 0. The summed E-state index contributed by atoms with van der Waals surface area (Å²) in [6.45, 7) is 10.5. The third kappa shape index (κ3) is 10.3. The maximum atomic E-state index is 3.40. The van der Waals surface area contributed by atoms with Crippen molar-refractivity contribution in [2.45, 2.75) is 66.6 Å². The number of aryl methyl sites for hydroxylation is 3. The van der Waals surface area contributed by atoms with Crippen LogP contribution in [0.4, 0.5) is 0 Å². The predicted octanol–water partition coefficient (Wildman–Crippen LogP) is 7.62. The van der Waals surface area contributed by atoms with E-state index in [1.807, 2.05) is 13.8 Å². The lowest BCUT2D eigenvalue weighted by molar-refractivity contribution is 1.10. The molecule has 0 heterocycles. The standard InChI is InChI=1S/C10H14.C9H11Br.C2H6.CH4/c1-3-9-5-7-10(4-2)8-6-9;1-2-8-3-5-9(7-10)6-4-8;1-2;/h5-8H,3-4H2,1-2H3;3-6H,2,7H2,1H3;1-2H3;1H4. The lowest BCUT2D eigenvalue weighted by Crippen LogP contribution is -1.81. The molecule has 0 aliphatic heterocycles. The SMILES string of the molecule is C.CC.CCc1ccc(CBr)cc1.CCc1ccc(CC)cc1. The first-order valence-corrected chi connectivity index (χ1v) is 9.57. The normalized spacial score (nSPS) is 8.78. The second-order valence-electron chi connectivity index (χ2n) is 4.83. The van der Waals surface area contributed by atoms with Crippen LogP contribution in [-0.2, 0) is 24.6 Å². The summed E-state index contributed by atoms with van der Waals surface area (Å²) in [6.07, 6.45) is 3.41. The highest BCUT2D eigenvalue weighted by molar-refractivity contribution is 9.08. The van der Waals surface area contributed by atoms with Gasteiger partial charge in [-0.2, -0.15) is 0 Å². The van der Waals surface area contributed by atoms with Gasteiger partial charge in [0, 0.05) is 5.33 Å². The molecule has 0 N–H and O–H groups in total. The fourth-order valence-electron chi connectivity index (χ4n) is 1.87. The highest BCUT2D eigenvalue weighted by Gasteiger charge is 1.89. The van der Waals surface area contributed by atoms with Gasteiger partial charge in [-0.15, -0.1) is 0 Å². The van der Waals surface area contributed by atoms with E-state index in [-0.39, 0.29) is 7.43 Å². The van der Waals surface area contributed by atoms with Crippen molar-refractivity contribution >= 4 is 15.9 Å². The molecule has 0 aromatic heterocycles. The molecule has 2 aromatic rings. The van der Waals surface area contributed by atoms with Crippen LogP contribution in [0.1, 0.15) is 64.3 Å². The molecule has 0 fully saturated rings. The number of rotatable bonds is 4. The van der Waals surface area contributed by atoms with Crippen molar-refractivity contribution in [3.63, 3.8) is 0 Å². The molecule has 2 aromatic carbocycles. The third-order valence-corrected chi connectivity index (χ3v) is 4.07. The van der Waals surface area contributed by atoms with Crippen molar-refractivity contribution in [3.8, 4) is 0 Å². The zero-order valence-corrected chi connectivity index (χ0v) is 16.4. The topological polar surface area (TPSA) is 0 Å². The maximum Gasteiger partial charge on any atom is 0.0283 e. The Labute approximate surface area is 153 Å². The molecule has 23 heavy (non-hydrogen) atoms. The first-order valence-electron chi connectivity index (χ1n) is 8.45. The summed E-state index contributed by atoms with van der Waals surface area (Å²) in [7, 11) is 0. The molecule has 0 unspecified atom stereocenters. The minimum absolute atomic E-state index is 0. The molecular weight excluding hydrogens is 344 g/mol. The smallest absolute Gasteiger partial charge is 0.0283 e. The number of hydrogen-bond acceptors (Lipinski definition) is 0. The van der Waals surface area contributed by atoms with E-state index >= 15 is 0 Å². The summed E-state index contributed by atoms with van der Waals surface area (Å²) >= 11 is 3.40. The Balaban J connectivity index is 0. The highest BCUT2D eigenvalue weighted by Crippen LogP contribution is 2.07. The molecule has 130 valence electrons. The molecule has 0 aliphatic carbocycles. The van der Waals surface area contributed by atoms with Gasteiger partial charge in [0.1, 0.15) is 0 Å². The van der Waals surface area contributed by atoms with Gasteiger partial charge in [0.25, 0.3) is 0 Å². The van der Waals surface area contributed by atoms with Gasteiger partial charge < -0.3 is 0 Å². The minimum atomic E-state index is 0. The molecular formula is C22H35Br. The van der Waals surface area contributed by atoms with Crippen molar-refractivity contribution in [2.75, 3.05) is 0 Å². The largest absolute Gasteiger partial charge is 0.0876 e. The highest BCUT2D eigenvalue weighted by atomic mass is 79.9. The molecule has 0 saturated carbocycles. The Bertz CT molecular complexity index is 375.